The summed E-state index contributed by atoms with van der Waals surface area (Å²) in [4.78, 5) is 4.65. The molecule has 0 heterocycles. The Balaban J connectivity index is 0.00000364. The maximum Gasteiger partial charge on any atom is 0.196 e. The third-order valence-electron chi connectivity index (χ3n) is 3.67. The molecule has 0 bridgehead atoms. The third kappa shape index (κ3) is 6.82. The lowest BCUT2D eigenvalue weighted by Gasteiger charge is -2.15. The number of methoxy groups -OCH3 is 2. The molecule has 27 heavy (non-hydrogen) atoms. The molecular formula is C20H28IN3O3. The zero-order valence-corrected chi connectivity index (χ0v) is 18.6. The molecule has 2 aromatic rings. The number of benzene rings is 2. The van der Waals surface area contributed by atoms with Crippen LogP contribution in [0.3, 0.4) is 0 Å². The summed E-state index contributed by atoms with van der Waals surface area (Å²) in [6, 6.07) is 13.6. The number of ether oxygens (including phenoxy) is 3. The van der Waals surface area contributed by atoms with E-state index in [-0.39, 0.29) is 24.0 Å². The minimum Gasteiger partial charge on any atom is -0.496 e. The molecule has 2 rings (SSSR count). The van der Waals surface area contributed by atoms with E-state index in [1.165, 1.54) is 0 Å². The van der Waals surface area contributed by atoms with Crippen LogP contribution in [0.4, 0.5) is 5.69 Å². The van der Waals surface area contributed by atoms with Crippen LogP contribution in [0, 0.1) is 0 Å². The van der Waals surface area contributed by atoms with Gasteiger partial charge in [0, 0.05) is 23.9 Å². The van der Waals surface area contributed by atoms with Gasteiger partial charge in [0.05, 0.1) is 27.4 Å². The smallest absolute Gasteiger partial charge is 0.196 e. The van der Waals surface area contributed by atoms with E-state index >= 15 is 0 Å². The van der Waals surface area contributed by atoms with Gasteiger partial charge in [-0.25, -0.2) is 4.99 Å². The number of hydrogen-bond donors (Lipinski definition) is 2. The number of nitrogens with one attached hydrogen (secondary N) is 2. The number of rotatable bonds is 8. The lowest BCUT2D eigenvalue weighted by atomic mass is 10.2. The van der Waals surface area contributed by atoms with Crippen LogP contribution in [0.2, 0.25) is 0 Å². The van der Waals surface area contributed by atoms with E-state index in [2.05, 4.69) is 15.6 Å². The van der Waals surface area contributed by atoms with E-state index < -0.39 is 0 Å². The summed E-state index contributed by atoms with van der Waals surface area (Å²) in [6.45, 7) is 5.81. The van der Waals surface area contributed by atoms with Gasteiger partial charge in [0.2, 0.25) is 0 Å². The molecule has 0 saturated heterocycles. The van der Waals surface area contributed by atoms with Crippen molar-refractivity contribution < 1.29 is 14.2 Å². The summed E-state index contributed by atoms with van der Waals surface area (Å²) in [5.41, 5.74) is 1.89. The second-order valence-corrected chi connectivity index (χ2v) is 5.43. The van der Waals surface area contributed by atoms with Gasteiger partial charge in [0.15, 0.2) is 17.5 Å². The zero-order chi connectivity index (χ0) is 18.8. The van der Waals surface area contributed by atoms with E-state index in [1.54, 1.807) is 14.2 Å². The number of aliphatic imine (C=N–C) groups is 1. The first-order chi connectivity index (χ1) is 12.7. The van der Waals surface area contributed by atoms with E-state index in [0.717, 1.165) is 23.5 Å². The first kappa shape index (κ1) is 22.9. The number of guanidine groups is 1. The van der Waals surface area contributed by atoms with Gasteiger partial charge in [0.1, 0.15) is 5.75 Å². The van der Waals surface area contributed by atoms with Crippen LogP contribution in [0.1, 0.15) is 19.4 Å². The fourth-order valence-corrected chi connectivity index (χ4v) is 2.46. The second kappa shape index (κ2) is 12.3. The van der Waals surface area contributed by atoms with Crippen molar-refractivity contribution in [3.63, 3.8) is 0 Å². The van der Waals surface area contributed by atoms with Crippen molar-refractivity contribution in [2.24, 2.45) is 4.99 Å². The number of anilines is 1. The Labute approximate surface area is 178 Å². The van der Waals surface area contributed by atoms with Crippen LogP contribution in [0.15, 0.2) is 47.5 Å². The lowest BCUT2D eigenvalue weighted by Crippen LogP contribution is -2.30. The Bertz CT molecular complexity index is 738. The Hall–Kier alpha value is -2.16. The molecule has 0 atom stereocenters. The van der Waals surface area contributed by atoms with Crippen LogP contribution in [0.5, 0.6) is 17.2 Å². The Morgan fingerprint density at radius 2 is 1.70 bits per heavy atom. The highest BCUT2D eigenvalue weighted by Gasteiger charge is 2.07. The minimum absolute atomic E-state index is 0. The molecular weight excluding hydrogens is 457 g/mol. The highest BCUT2D eigenvalue weighted by molar-refractivity contribution is 14.0. The van der Waals surface area contributed by atoms with Crippen LogP contribution in [-0.4, -0.2) is 33.3 Å². The predicted octanol–water partition coefficient (Wildman–Crippen LogP) is 4.30. The predicted molar refractivity (Wildman–Crippen MR) is 121 cm³/mol. The SMILES string of the molecule is CCNC(=NCc1ccccc1OC)Nc1ccc(OC)c(OCC)c1.I. The molecule has 2 N–H and O–H groups in total. The van der Waals surface area contributed by atoms with Gasteiger partial charge in [-0.15, -0.1) is 24.0 Å². The van der Waals surface area contributed by atoms with Gasteiger partial charge in [-0.2, -0.15) is 0 Å². The van der Waals surface area contributed by atoms with E-state index in [9.17, 15) is 0 Å². The average Bonchev–Trinajstić information content (AvgIpc) is 2.67. The molecule has 0 saturated carbocycles. The Kier molecular flexibility index (Phi) is 10.4. The van der Waals surface area contributed by atoms with Gasteiger partial charge < -0.3 is 24.8 Å². The summed E-state index contributed by atoms with van der Waals surface area (Å²) < 4.78 is 16.3. The molecule has 0 aromatic heterocycles. The van der Waals surface area contributed by atoms with Gasteiger partial charge in [-0.3, -0.25) is 0 Å². The van der Waals surface area contributed by atoms with Gasteiger partial charge in [0.25, 0.3) is 0 Å². The summed E-state index contributed by atoms with van der Waals surface area (Å²) in [6.07, 6.45) is 0. The van der Waals surface area contributed by atoms with Crippen molar-refractivity contribution in [2.75, 3.05) is 32.7 Å². The molecule has 0 fully saturated rings. The molecule has 0 aliphatic carbocycles. The molecule has 7 heteroatoms. The van der Waals surface area contributed by atoms with Gasteiger partial charge in [-0.1, -0.05) is 18.2 Å². The van der Waals surface area contributed by atoms with Crippen molar-refractivity contribution in [1.29, 1.82) is 0 Å². The van der Waals surface area contributed by atoms with Crippen LogP contribution in [-0.2, 0) is 6.54 Å². The first-order valence-electron chi connectivity index (χ1n) is 8.69. The fourth-order valence-electron chi connectivity index (χ4n) is 2.46. The van der Waals surface area contributed by atoms with Gasteiger partial charge >= 0.3 is 0 Å². The highest BCUT2D eigenvalue weighted by atomic mass is 127. The number of hydrogen-bond acceptors (Lipinski definition) is 4. The van der Waals surface area contributed by atoms with Crippen molar-refractivity contribution in [3.8, 4) is 17.2 Å². The normalized spacial score (nSPS) is 10.6. The molecule has 0 aliphatic rings. The zero-order valence-electron chi connectivity index (χ0n) is 16.2. The molecule has 148 valence electrons. The van der Waals surface area contributed by atoms with Gasteiger partial charge in [-0.05, 0) is 32.0 Å². The van der Waals surface area contributed by atoms with Crippen molar-refractivity contribution in [2.45, 2.75) is 20.4 Å². The van der Waals surface area contributed by atoms with E-state index in [1.807, 2.05) is 56.3 Å². The molecule has 0 unspecified atom stereocenters. The van der Waals surface area contributed by atoms with E-state index in [4.69, 9.17) is 14.2 Å². The van der Waals surface area contributed by atoms with Crippen molar-refractivity contribution >= 4 is 35.6 Å². The van der Waals surface area contributed by atoms with Crippen LogP contribution in [0.25, 0.3) is 0 Å². The largest absolute Gasteiger partial charge is 0.496 e. The van der Waals surface area contributed by atoms with Crippen LogP contribution >= 0.6 is 24.0 Å². The highest BCUT2D eigenvalue weighted by Crippen LogP contribution is 2.30. The number of halogens is 1. The summed E-state index contributed by atoms with van der Waals surface area (Å²) in [5, 5.41) is 6.55. The topological polar surface area (TPSA) is 64.1 Å². The lowest BCUT2D eigenvalue weighted by molar-refractivity contribution is 0.311. The summed E-state index contributed by atoms with van der Waals surface area (Å²) >= 11 is 0. The Morgan fingerprint density at radius 3 is 2.37 bits per heavy atom. The maximum atomic E-state index is 5.63. The quantitative estimate of drug-likeness (QED) is 0.332. The molecule has 0 radical (unpaired) electrons. The number of nitrogens with zero attached hydrogens (tertiary/aromatic N) is 1. The fraction of sp³-hybridized carbons (Fsp3) is 0.350. The third-order valence-corrected chi connectivity index (χ3v) is 3.67. The van der Waals surface area contributed by atoms with Crippen molar-refractivity contribution in [3.05, 3.63) is 48.0 Å². The maximum absolute atomic E-state index is 5.63. The average molecular weight is 485 g/mol. The first-order valence-corrected chi connectivity index (χ1v) is 8.69. The Morgan fingerprint density at radius 1 is 0.963 bits per heavy atom. The number of para-hydroxylation sites is 1. The molecule has 0 aliphatic heterocycles. The standard InChI is InChI=1S/C20H27N3O3.HI/c1-5-21-20(22-14-15-9-7-8-10-17(15)24-3)23-16-11-12-18(25-4)19(13-16)26-6-2;/h7-13H,5-6,14H2,1-4H3,(H2,21,22,23);1H. The monoisotopic (exact) mass is 485 g/mol. The summed E-state index contributed by atoms with van der Waals surface area (Å²) in [5.74, 6) is 2.91. The molecule has 0 amide bonds. The molecule has 6 nitrogen and oxygen atoms in total. The molecule has 2 aromatic carbocycles. The summed E-state index contributed by atoms with van der Waals surface area (Å²) in [7, 11) is 3.29. The van der Waals surface area contributed by atoms with Crippen molar-refractivity contribution in [1.82, 2.24) is 5.32 Å². The van der Waals surface area contributed by atoms with Crippen LogP contribution < -0.4 is 24.8 Å². The second-order valence-electron chi connectivity index (χ2n) is 5.43. The molecule has 0 spiro atoms. The van der Waals surface area contributed by atoms with E-state index in [0.29, 0.717) is 30.6 Å². The minimum atomic E-state index is 0.